The fraction of sp³-hybridized carbons (Fsp3) is 0.556. The minimum atomic E-state index is 0.732. The molecule has 0 bridgehead atoms. The molecule has 1 aromatic carbocycles. The maximum absolute atomic E-state index is 5.88. The second-order valence-corrected chi connectivity index (χ2v) is 5.12. The fourth-order valence-corrected chi connectivity index (χ4v) is 2.14. The van der Waals surface area contributed by atoms with Crippen LogP contribution in [0.15, 0.2) is 30.9 Å². The van der Waals surface area contributed by atoms with Crippen LogP contribution in [0, 0.1) is 0 Å². The minimum absolute atomic E-state index is 0.732. The molecule has 0 unspecified atom stereocenters. The summed E-state index contributed by atoms with van der Waals surface area (Å²) in [6.45, 7) is 7.38. The lowest BCUT2D eigenvalue weighted by atomic mass is 10.1. The van der Waals surface area contributed by atoms with E-state index in [1.807, 2.05) is 24.3 Å². The smallest absolute Gasteiger partial charge is 0.123 e. The third kappa shape index (κ3) is 7.48. The lowest BCUT2D eigenvalue weighted by molar-refractivity contribution is 0.194. The summed E-state index contributed by atoms with van der Waals surface area (Å²) in [5.41, 5.74) is 1.12. The van der Waals surface area contributed by atoms with E-state index in [0.717, 1.165) is 69.0 Å². The van der Waals surface area contributed by atoms with E-state index in [0.29, 0.717) is 0 Å². The first-order chi connectivity index (χ1) is 10.8. The van der Waals surface area contributed by atoms with Gasteiger partial charge in [-0.05, 0) is 57.0 Å². The SMILES string of the molecule is C=CCc1cc(OC)ccc1OCCCCNCCCOC. The Labute approximate surface area is 134 Å². The summed E-state index contributed by atoms with van der Waals surface area (Å²) < 4.78 is 16.1. The van der Waals surface area contributed by atoms with E-state index < -0.39 is 0 Å². The number of hydrogen-bond acceptors (Lipinski definition) is 4. The molecule has 0 aromatic heterocycles. The van der Waals surface area contributed by atoms with Crippen molar-refractivity contribution in [3.63, 3.8) is 0 Å². The van der Waals surface area contributed by atoms with E-state index >= 15 is 0 Å². The highest BCUT2D eigenvalue weighted by Crippen LogP contribution is 2.25. The van der Waals surface area contributed by atoms with Crippen molar-refractivity contribution < 1.29 is 14.2 Å². The molecule has 0 saturated heterocycles. The summed E-state index contributed by atoms with van der Waals surface area (Å²) in [6.07, 6.45) is 5.87. The molecule has 1 N–H and O–H groups in total. The summed E-state index contributed by atoms with van der Waals surface area (Å²) in [5, 5.41) is 3.40. The zero-order valence-corrected chi connectivity index (χ0v) is 13.9. The van der Waals surface area contributed by atoms with Crippen LogP contribution in [0.2, 0.25) is 0 Å². The Hall–Kier alpha value is -1.52. The average molecular weight is 307 g/mol. The maximum Gasteiger partial charge on any atom is 0.123 e. The molecule has 4 heteroatoms. The third-order valence-corrected chi connectivity index (χ3v) is 3.34. The lowest BCUT2D eigenvalue weighted by Gasteiger charge is -2.12. The molecule has 0 fully saturated rings. The molecule has 0 spiro atoms. The Bertz CT molecular complexity index is 421. The van der Waals surface area contributed by atoms with Crippen molar-refractivity contribution in [2.45, 2.75) is 25.7 Å². The van der Waals surface area contributed by atoms with Crippen molar-refractivity contribution in [1.29, 1.82) is 0 Å². The number of nitrogens with one attached hydrogen (secondary N) is 1. The van der Waals surface area contributed by atoms with E-state index in [9.17, 15) is 0 Å². The highest BCUT2D eigenvalue weighted by atomic mass is 16.5. The monoisotopic (exact) mass is 307 g/mol. The summed E-state index contributed by atoms with van der Waals surface area (Å²) >= 11 is 0. The van der Waals surface area contributed by atoms with Gasteiger partial charge in [0.1, 0.15) is 11.5 Å². The third-order valence-electron chi connectivity index (χ3n) is 3.34. The molecule has 1 rings (SSSR count). The Morgan fingerprint density at radius 2 is 1.91 bits per heavy atom. The second kappa shape index (κ2) is 12.1. The van der Waals surface area contributed by atoms with E-state index in [-0.39, 0.29) is 0 Å². The lowest BCUT2D eigenvalue weighted by Crippen LogP contribution is -2.18. The maximum atomic E-state index is 5.88. The molecule has 0 aliphatic rings. The van der Waals surface area contributed by atoms with Crippen LogP contribution in [0.25, 0.3) is 0 Å². The summed E-state index contributed by atoms with van der Waals surface area (Å²) in [7, 11) is 3.41. The van der Waals surface area contributed by atoms with Gasteiger partial charge in [0.05, 0.1) is 13.7 Å². The van der Waals surface area contributed by atoms with Crippen molar-refractivity contribution in [2.24, 2.45) is 0 Å². The van der Waals surface area contributed by atoms with Crippen molar-refractivity contribution in [1.82, 2.24) is 5.32 Å². The van der Waals surface area contributed by atoms with Gasteiger partial charge in [0.15, 0.2) is 0 Å². The standard InChI is InChI=1S/C18H29NO3/c1-4-8-16-15-17(21-3)9-10-18(16)22-14-6-5-11-19-12-7-13-20-2/h4,9-10,15,19H,1,5-8,11-14H2,2-3H3. The highest BCUT2D eigenvalue weighted by Gasteiger charge is 2.04. The number of methoxy groups -OCH3 is 2. The summed E-state index contributed by atoms with van der Waals surface area (Å²) in [5.74, 6) is 1.78. The molecule has 124 valence electrons. The predicted octanol–water partition coefficient (Wildman–Crippen LogP) is 3.21. The van der Waals surface area contributed by atoms with Crippen LogP contribution in [0.5, 0.6) is 11.5 Å². The highest BCUT2D eigenvalue weighted by molar-refractivity contribution is 5.41. The van der Waals surface area contributed by atoms with Gasteiger partial charge in [-0.15, -0.1) is 6.58 Å². The second-order valence-electron chi connectivity index (χ2n) is 5.12. The van der Waals surface area contributed by atoms with Gasteiger partial charge in [-0.3, -0.25) is 0 Å². The van der Waals surface area contributed by atoms with Crippen molar-refractivity contribution in [3.8, 4) is 11.5 Å². The molecule has 0 radical (unpaired) electrons. The van der Waals surface area contributed by atoms with Gasteiger partial charge in [0.2, 0.25) is 0 Å². The van der Waals surface area contributed by atoms with Crippen LogP contribution >= 0.6 is 0 Å². The molecule has 0 amide bonds. The number of hydrogen-bond donors (Lipinski definition) is 1. The molecular formula is C18H29NO3. The Morgan fingerprint density at radius 1 is 1.09 bits per heavy atom. The van der Waals surface area contributed by atoms with Crippen LogP contribution in [0.3, 0.4) is 0 Å². The molecule has 1 aromatic rings. The minimum Gasteiger partial charge on any atom is -0.497 e. The largest absolute Gasteiger partial charge is 0.497 e. The van der Waals surface area contributed by atoms with Gasteiger partial charge >= 0.3 is 0 Å². The van der Waals surface area contributed by atoms with Crippen molar-refractivity contribution in [2.75, 3.05) is 40.5 Å². The zero-order valence-electron chi connectivity index (χ0n) is 13.9. The molecule has 0 atom stereocenters. The quantitative estimate of drug-likeness (QED) is 0.449. The van der Waals surface area contributed by atoms with E-state index in [1.165, 1.54) is 0 Å². The average Bonchev–Trinajstić information content (AvgIpc) is 2.54. The Morgan fingerprint density at radius 3 is 2.64 bits per heavy atom. The number of rotatable bonds is 13. The first-order valence-corrected chi connectivity index (χ1v) is 7.92. The zero-order chi connectivity index (χ0) is 16.0. The van der Waals surface area contributed by atoms with Crippen LogP contribution in [0.4, 0.5) is 0 Å². The molecule has 0 heterocycles. The predicted molar refractivity (Wildman–Crippen MR) is 91.0 cm³/mol. The van der Waals surface area contributed by atoms with Crippen LogP contribution in [0.1, 0.15) is 24.8 Å². The Balaban J connectivity index is 2.22. The van der Waals surface area contributed by atoms with E-state index in [1.54, 1.807) is 14.2 Å². The van der Waals surface area contributed by atoms with Gasteiger partial charge < -0.3 is 19.5 Å². The van der Waals surface area contributed by atoms with Crippen LogP contribution < -0.4 is 14.8 Å². The number of benzene rings is 1. The molecule has 0 aliphatic carbocycles. The Kier molecular flexibility index (Phi) is 10.2. The fourth-order valence-electron chi connectivity index (χ4n) is 2.14. The van der Waals surface area contributed by atoms with Crippen LogP contribution in [-0.2, 0) is 11.2 Å². The van der Waals surface area contributed by atoms with Gasteiger partial charge in [-0.1, -0.05) is 6.08 Å². The summed E-state index contributed by atoms with van der Waals surface area (Å²) in [6, 6.07) is 5.91. The van der Waals surface area contributed by atoms with E-state index in [4.69, 9.17) is 14.2 Å². The van der Waals surface area contributed by atoms with E-state index in [2.05, 4.69) is 11.9 Å². The number of allylic oxidation sites excluding steroid dienone is 1. The van der Waals surface area contributed by atoms with Gasteiger partial charge in [0.25, 0.3) is 0 Å². The first kappa shape index (κ1) is 18.5. The van der Waals surface area contributed by atoms with Gasteiger partial charge in [-0.25, -0.2) is 0 Å². The van der Waals surface area contributed by atoms with Crippen molar-refractivity contribution in [3.05, 3.63) is 36.4 Å². The van der Waals surface area contributed by atoms with Gasteiger partial charge in [-0.2, -0.15) is 0 Å². The van der Waals surface area contributed by atoms with Gasteiger partial charge in [0, 0.05) is 19.3 Å². The van der Waals surface area contributed by atoms with Crippen molar-refractivity contribution >= 4 is 0 Å². The first-order valence-electron chi connectivity index (χ1n) is 7.92. The number of unbranched alkanes of at least 4 members (excludes halogenated alkanes) is 1. The van der Waals surface area contributed by atoms with Crippen LogP contribution in [-0.4, -0.2) is 40.5 Å². The number of ether oxygens (including phenoxy) is 3. The normalized spacial score (nSPS) is 10.5. The topological polar surface area (TPSA) is 39.7 Å². The molecule has 4 nitrogen and oxygen atoms in total. The summed E-state index contributed by atoms with van der Waals surface area (Å²) in [4.78, 5) is 0. The molecule has 0 saturated carbocycles. The molecule has 22 heavy (non-hydrogen) atoms. The molecular weight excluding hydrogens is 278 g/mol. The molecule has 0 aliphatic heterocycles.